The van der Waals surface area contributed by atoms with Gasteiger partial charge in [0.15, 0.2) is 0 Å². The van der Waals surface area contributed by atoms with Crippen molar-refractivity contribution in [3.05, 3.63) is 0 Å². The molecule has 0 spiro atoms. The summed E-state index contributed by atoms with van der Waals surface area (Å²) >= 11 is 0. The number of rotatable bonds is 3. The highest BCUT2D eigenvalue weighted by Crippen LogP contribution is 2.31. The molecule has 0 amide bonds. The molecule has 3 aliphatic rings. The maximum atomic E-state index is 5.60. The molecule has 2 aliphatic heterocycles. The topological polar surface area (TPSA) is 24.5 Å². The molecule has 3 rings (SSSR count). The second-order valence-electron chi connectivity index (χ2n) is 6.78. The van der Waals surface area contributed by atoms with Crippen molar-refractivity contribution in [1.29, 1.82) is 0 Å². The van der Waals surface area contributed by atoms with Crippen molar-refractivity contribution in [2.45, 2.75) is 69.6 Å². The molecule has 0 aromatic heterocycles. The van der Waals surface area contributed by atoms with Crippen molar-refractivity contribution in [2.24, 2.45) is 5.92 Å². The van der Waals surface area contributed by atoms with Gasteiger partial charge < -0.3 is 10.1 Å². The first-order valence-corrected chi connectivity index (χ1v) is 8.37. The molecule has 110 valence electrons. The van der Waals surface area contributed by atoms with Crippen LogP contribution in [0.2, 0.25) is 0 Å². The Labute approximate surface area is 118 Å². The number of piperidine rings is 1. The minimum atomic E-state index is 0.517. The summed E-state index contributed by atoms with van der Waals surface area (Å²) in [7, 11) is 1.88. The van der Waals surface area contributed by atoms with Crippen molar-refractivity contribution in [3.8, 4) is 0 Å². The van der Waals surface area contributed by atoms with E-state index in [4.69, 9.17) is 4.74 Å². The van der Waals surface area contributed by atoms with Crippen LogP contribution < -0.4 is 5.32 Å². The molecule has 4 atom stereocenters. The summed E-state index contributed by atoms with van der Waals surface area (Å²) in [6, 6.07) is 1.60. The van der Waals surface area contributed by atoms with Gasteiger partial charge in [0.25, 0.3) is 0 Å². The van der Waals surface area contributed by atoms with E-state index in [1.807, 2.05) is 7.11 Å². The van der Waals surface area contributed by atoms with Gasteiger partial charge in [-0.3, -0.25) is 4.90 Å². The maximum absolute atomic E-state index is 5.60. The van der Waals surface area contributed by atoms with Crippen LogP contribution in [-0.4, -0.2) is 49.8 Å². The second-order valence-corrected chi connectivity index (χ2v) is 6.78. The number of nitrogens with zero attached hydrogens (tertiary/aromatic N) is 1. The Hall–Kier alpha value is -0.120. The molecule has 2 heterocycles. The van der Waals surface area contributed by atoms with Gasteiger partial charge in [-0.05, 0) is 70.4 Å². The van der Waals surface area contributed by atoms with E-state index >= 15 is 0 Å². The zero-order chi connectivity index (χ0) is 13.1. The number of hydrogen-bond donors (Lipinski definition) is 1. The Kier molecular flexibility index (Phi) is 4.78. The first-order valence-electron chi connectivity index (χ1n) is 8.37. The molecule has 19 heavy (non-hydrogen) atoms. The number of likely N-dealkylation sites (tertiary alicyclic amines) is 1. The molecule has 1 N–H and O–H groups in total. The Morgan fingerprint density at radius 1 is 1.05 bits per heavy atom. The van der Waals surface area contributed by atoms with Crippen LogP contribution in [-0.2, 0) is 4.74 Å². The van der Waals surface area contributed by atoms with Gasteiger partial charge in [0.1, 0.15) is 0 Å². The monoisotopic (exact) mass is 266 g/mol. The average molecular weight is 266 g/mol. The standard InChI is InChI=1S/C16H30N2O/c1-19-15-7-2-6-14(11-15)18-10-4-5-13(12-18)16-8-3-9-17-16/h13-17H,2-12H2,1H3. The zero-order valence-electron chi connectivity index (χ0n) is 12.4. The third kappa shape index (κ3) is 3.32. The quantitative estimate of drug-likeness (QED) is 0.849. The van der Waals surface area contributed by atoms with Crippen LogP contribution in [0.25, 0.3) is 0 Å². The highest BCUT2D eigenvalue weighted by Gasteiger charge is 2.33. The van der Waals surface area contributed by atoms with E-state index in [0.29, 0.717) is 6.10 Å². The molecule has 1 aliphatic carbocycles. The maximum Gasteiger partial charge on any atom is 0.0586 e. The fourth-order valence-electron chi connectivity index (χ4n) is 4.48. The molecular weight excluding hydrogens is 236 g/mol. The third-order valence-corrected chi connectivity index (χ3v) is 5.60. The van der Waals surface area contributed by atoms with Crippen molar-refractivity contribution in [1.82, 2.24) is 10.2 Å². The van der Waals surface area contributed by atoms with Crippen LogP contribution >= 0.6 is 0 Å². The summed E-state index contributed by atoms with van der Waals surface area (Å²) in [5.74, 6) is 0.902. The van der Waals surface area contributed by atoms with Gasteiger partial charge in [-0.2, -0.15) is 0 Å². The highest BCUT2D eigenvalue weighted by atomic mass is 16.5. The third-order valence-electron chi connectivity index (χ3n) is 5.60. The van der Waals surface area contributed by atoms with Crippen molar-refractivity contribution >= 4 is 0 Å². The minimum Gasteiger partial charge on any atom is -0.381 e. The summed E-state index contributed by atoms with van der Waals surface area (Å²) < 4.78 is 5.60. The van der Waals surface area contributed by atoms with Gasteiger partial charge in [-0.25, -0.2) is 0 Å². The number of methoxy groups -OCH3 is 1. The Balaban J connectivity index is 1.55. The van der Waals surface area contributed by atoms with E-state index in [1.54, 1.807) is 0 Å². The second kappa shape index (κ2) is 6.55. The van der Waals surface area contributed by atoms with Crippen molar-refractivity contribution < 1.29 is 4.74 Å². The fourth-order valence-corrected chi connectivity index (χ4v) is 4.48. The van der Waals surface area contributed by atoms with E-state index in [2.05, 4.69) is 10.2 Å². The van der Waals surface area contributed by atoms with Crippen LogP contribution in [0.15, 0.2) is 0 Å². The summed E-state index contributed by atoms with van der Waals surface area (Å²) in [6.07, 6.45) is 11.4. The lowest BCUT2D eigenvalue weighted by atomic mass is 9.86. The van der Waals surface area contributed by atoms with Gasteiger partial charge in [-0.15, -0.1) is 0 Å². The van der Waals surface area contributed by atoms with E-state index in [0.717, 1.165) is 18.0 Å². The molecule has 0 aromatic rings. The smallest absolute Gasteiger partial charge is 0.0586 e. The molecular formula is C16H30N2O. The fraction of sp³-hybridized carbons (Fsp3) is 1.00. The van der Waals surface area contributed by atoms with Crippen LogP contribution in [0, 0.1) is 5.92 Å². The summed E-state index contributed by atoms with van der Waals surface area (Å²) in [5.41, 5.74) is 0. The number of nitrogens with one attached hydrogen (secondary N) is 1. The van der Waals surface area contributed by atoms with Gasteiger partial charge in [0.05, 0.1) is 6.10 Å². The molecule has 2 saturated heterocycles. The molecule has 4 unspecified atom stereocenters. The van der Waals surface area contributed by atoms with Crippen LogP contribution in [0.4, 0.5) is 0 Å². The first-order chi connectivity index (χ1) is 9.36. The Morgan fingerprint density at radius 2 is 2.00 bits per heavy atom. The lowest BCUT2D eigenvalue weighted by Crippen LogP contribution is -2.49. The predicted molar refractivity (Wildman–Crippen MR) is 78.4 cm³/mol. The molecule has 3 nitrogen and oxygen atoms in total. The van der Waals surface area contributed by atoms with Crippen LogP contribution in [0.5, 0.6) is 0 Å². The summed E-state index contributed by atoms with van der Waals surface area (Å²) in [6.45, 7) is 3.90. The van der Waals surface area contributed by atoms with Gasteiger partial charge >= 0.3 is 0 Å². The largest absolute Gasteiger partial charge is 0.381 e. The van der Waals surface area contributed by atoms with Gasteiger partial charge in [0, 0.05) is 25.7 Å². The Bertz CT molecular complexity index is 278. The molecule has 0 radical (unpaired) electrons. The molecule has 0 bridgehead atoms. The Morgan fingerprint density at radius 3 is 2.79 bits per heavy atom. The zero-order valence-corrected chi connectivity index (χ0v) is 12.4. The number of hydrogen-bond acceptors (Lipinski definition) is 3. The average Bonchev–Trinajstić information content (AvgIpc) is 3.02. The molecule has 1 saturated carbocycles. The van der Waals surface area contributed by atoms with Crippen molar-refractivity contribution in [3.63, 3.8) is 0 Å². The summed E-state index contributed by atoms with van der Waals surface area (Å²) in [5, 5.41) is 3.72. The summed E-state index contributed by atoms with van der Waals surface area (Å²) in [4.78, 5) is 2.79. The highest BCUT2D eigenvalue weighted by molar-refractivity contribution is 4.90. The lowest BCUT2D eigenvalue weighted by molar-refractivity contribution is 0.0122. The van der Waals surface area contributed by atoms with Crippen molar-refractivity contribution in [2.75, 3.05) is 26.7 Å². The van der Waals surface area contributed by atoms with Gasteiger partial charge in [0.2, 0.25) is 0 Å². The number of ether oxygens (including phenoxy) is 1. The predicted octanol–water partition coefficient (Wildman–Crippen LogP) is 2.41. The van der Waals surface area contributed by atoms with E-state index in [-0.39, 0.29) is 0 Å². The first kappa shape index (κ1) is 13.8. The minimum absolute atomic E-state index is 0.517. The SMILES string of the molecule is COC1CCCC(N2CCCC(C3CCCN3)C2)C1. The van der Waals surface area contributed by atoms with E-state index in [1.165, 1.54) is 71.0 Å². The molecule has 0 aromatic carbocycles. The molecule has 3 fully saturated rings. The lowest BCUT2D eigenvalue weighted by Gasteiger charge is -2.43. The van der Waals surface area contributed by atoms with Crippen LogP contribution in [0.1, 0.15) is 51.4 Å². The molecule has 3 heteroatoms. The van der Waals surface area contributed by atoms with E-state index in [9.17, 15) is 0 Å². The van der Waals surface area contributed by atoms with Crippen LogP contribution in [0.3, 0.4) is 0 Å². The van der Waals surface area contributed by atoms with E-state index < -0.39 is 0 Å². The normalized spacial score (nSPS) is 41.5. The van der Waals surface area contributed by atoms with Gasteiger partial charge in [-0.1, -0.05) is 0 Å².